The molecule has 264 valence electrons. The highest BCUT2D eigenvalue weighted by Crippen LogP contribution is 2.38. The zero-order chi connectivity index (χ0) is 34.0. The number of carbonyl (C=O) groups excluding carboxylic acids is 3. The second kappa shape index (κ2) is 21.5. The lowest BCUT2D eigenvalue weighted by Crippen LogP contribution is -2.21. The number of ketones is 3. The van der Waals surface area contributed by atoms with E-state index >= 15 is 0 Å². The molecule has 0 spiro atoms. The molecule has 0 atom stereocenters. The fourth-order valence-electron chi connectivity index (χ4n) is 8.34. The van der Waals surface area contributed by atoms with Gasteiger partial charge in [0.15, 0.2) is 0 Å². The van der Waals surface area contributed by atoms with Crippen molar-refractivity contribution in [1.29, 1.82) is 0 Å². The maximum Gasteiger partial charge on any atom is 0.135 e. The summed E-state index contributed by atoms with van der Waals surface area (Å²) >= 11 is 0. The topological polar surface area (TPSA) is 51.2 Å². The molecular formula is C45H66O3. The standard InChI is InChI=1S/C45H66O3/c1-3-5-7-17-44(47)41-31-27-39(28-32-41)37-23-19-35(20-24-37)13-9-11-15-43(46)16-12-10-14-36-21-25-38(26-22-36)40-29-33-42(34-30-40)45(48)18-8-6-4-2/h19-26,39-42H,3-18,27-34H2,1-2H3/t39-,40?,41-,42?. The van der Waals surface area contributed by atoms with Crippen LogP contribution < -0.4 is 0 Å². The minimum Gasteiger partial charge on any atom is -0.300 e. The van der Waals surface area contributed by atoms with Crippen molar-refractivity contribution in [3.63, 3.8) is 0 Å². The van der Waals surface area contributed by atoms with Gasteiger partial charge in [-0.15, -0.1) is 0 Å². The molecule has 3 heteroatoms. The van der Waals surface area contributed by atoms with Crippen molar-refractivity contribution in [3.05, 3.63) is 70.8 Å². The maximum absolute atomic E-state index is 12.5. The number of Topliss-reactive ketones (excluding diaryl/α,β-unsaturated/α-hetero) is 3. The molecule has 0 saturated heterocycles. The summed E-state index contributed by atoms with van der Waals surface area (Å²) in [4.78, 5) is 37.6. The number of hydrogen-bond donors (Lipinski definition) is 0. The van der Waals surface area contributed by atoms with Gasteiger partial charge in [-0.1, -0.05) is 88.1 Å². The van der Waals surface area contributed by atoms with Gasteiger partial charge in [-0.05, 0) is 137 Å². The Kier molecular flexibility index (Phi) is 17.1. The lowest BCUT2D eigenvalue weighted by Gasteiger charge is -2.28. The van der Waals surface area contributed by atoms with Gasteiger partial charge in [0.1, 0.15) is 17.3 Å². The lowest BCUT2D eigenvalue weighted by atomic mass is 9.76. The van der Waals surface area contributed by atoms with Crippen molar-refractivity contribution in [1.82, 2.24) is 0 Å². The van der Waals surface area contributed by atoms with Gasteiger partial charge in [0.2, 0.25) is 0 Å². The summed E-state index contributed by atoms with van der Waals surface area (Å²) in [6.07, 6.45) is 24.8. The minimum atomic E-state index is 0.304. The van der Waals surface area contributed by atoms with E-state index in [-0.39, 0.29) is 0 Å². The van der Waals surface area contributed by atoms with Gasteiger partial charge < -0.3 is 0 Å². The Labute approximate surface area is 293 Å². The predicted molar refractivity (Wildman–Crippen MR) is 201 cm³/mol. The third-order valence-electron chi connectivity index (χ3n) is 11.7. The van der Waals surface area contributed by atoms with Crippen LogP contribution in [0.15, 0.2) is 48.5 Å². The Hall–Kier alpha value is -2.55. The van der Waals surface area contributed by atoms with Gasteiger partial charge >= 0.3 is 0 Å². The van der Waals surface area contributed by atoms with Crippen LogP contribution in [0.25, 0.3) is 0 Å². The molecule has 2 aliphatic carbocycles. The molecule has 0 radical (unpaired) electrons. The van der Waals surface area contributed by atoms with Crippen molar-refractivity contribution in [2.75, 3.05) is 0 Å². The molecule has 0 N–H and O–H groups in total. The van der Waals surface area contributed by atoms with Gasteiger partial charge in [0.25, 0.3) is 0 Å². The normalized spacial score (nSPS) is 21.2. The summed E-state index contributed by atoms with van der Waals surface area (Å²) in [7, 11) is 0. The van der Waals surface area contributed by atoms with Crippen LogP contribution in [0.5, 0.6) is 0 Å². The average Bonchev–Trinajstić information content (AvgIpc) is 3.13. The van der Waals surface area contributed by atoms with Crippen LogP contribution in [0.4, 0.5) is 0 Å². The first-order chi connectivity index (χ1) is 23.5. The molecule has 2 saturated carbocycles. The first-order valence-corrected chi connectivity index (χ1v) is 20.2. The van der Waals surface area contributed by atoms with Crippen molar-refractivity contribution in [2.45, 2.75) is 180 Å². The number of aryl methyl sites for hydroxylation is 2. The molecule has 4 rings (SSSR count). The molecule has 0 unspecified atom stereocenters. The Morgan fingerprint density at radius 3 is 1.17 bits per heavy atom. The van der Waals surface area contributed by atoms with E-state index in [4.69, 9.17) is 0 Å². The summed E-state index contributed by atoms with van der Waals surface area (Å²) in [6, 6.07) is 18.4. The third-order valence-corrected chi connectivity index (χ3v) is 11.7. The van der Waals surface area contributed by atoms with Crippen LogP contribution in [0.1, 0.15) is 189 Å². The highest BCUT2D eigenvalue weighted by molar-refractivity contribution is 5.81. The molecule has 48 heavy (non-hydrogen) atoms. The minimum absolute atomic E-state index is 0.304. The Bertz CT molecular complexity index is 1110. The van der Waals surface area contributed by atoms with Gasteiger partial charge in [-0.2, -0.15) is 0 Å². The summed E-state index contributed by atoms with van der Waals surface area (Å²) in [5, 5.41) is 0. The highest BCUT2D eigenvalue weighted by Gasteiger charge is 2.27. The van der Waals surface area contributed by atoms with E-state index in [1.54, 1.807) is 0 Å². The molecule has 0 bridgehead atoms. The SMILES string of the molecule is CCCCCC(=O)C1CCC(c2ccc(CCCCC(=O)CCCCc3ccc([C@H]4CC[C@H](C(=O)CCCCC)CC4)cc3)cc2)CC1. The number of rotatable bonds is 22. The second-order valence-corrected chi connectivity index (χ2v) is 15.4. The van der Waals surface area contributed by atoms with Crippen LogP contribution in [-0.4, -0.2) is 17.3 Å². The first-order valence-electron chi connectivity index (χ1n) is 20.2. The van der Waals surface area contributed by atoms with E-state index in [1.165, 1.54) is 47.9 Å². The quantitative estimate of drug-likeness (QED) is 0.119. The van der Waals surface area contributed by atoms with Gasteiger partial charge in [0, 0.05) is 37.5 Å². The van der Waals surface area contributed by atoms with Crippen molar-refractivity contribution >= 4 is 17.3 Å². The average molecular weight is 655 g/mol. The fraction of sp³-hybridized carbons (Fsp3) is 0.667. The highest BCUT2D eigenvalue weighted by atomic mass is 16.1. The molecule has 2 aromatic rings. The van der Waals surface area contributed by atoms with Crippen LogP contribution in [0.3, 0.4) is 0 Å². The number of carbonyl (C=O) groups is 3. The molecule has 2 aliphatic rings. The maximum atomic E-state index is 12.5. The molecule has 2 fully saturated rings. The van der Waals surface area contributed by atoms with Gasteiger partial charge in [0.05, 0.1) is 0 Å². The monoisotopic (exact) mass is 655 g/mol. The molecule has 0 aliphatic heterocycles. The van der Waals surface area contributed by atoms with Crippen molar-refractivity contribution < 1.29 is 14.4 Å². The van der Waals surface area contributed by atoms with Gasteiger partial charge in [-0.3, -0.25) is 14.4 Å². The number of hydrogen-bond acceptors (Lipinski definition) is 3. The van der Waals surface area contributed by atoms with E-state index in [9.17, 15) is 14.4 Å². The third kappa shape index (κ3) is 13.1. The molecule has 0 amide bonds. The first kappa shape index (κ1) is 38.3. The summed E-state index contributed by atoms with van der Waals surface area (Å²) in [6.45, 7) is 4.39. The smallest absolute Gasteiger partial charge is 0.135 e. The predicted octanol–water partition coefficient (Wildman–Crippen LogP) is 12.2. The number of benzene rings is 2. The Morgan fingerprint density at radius 1 is 0.458 bits per heavy atom. The van der Waals surface area contributed by atoms with E-state index in [0.717, 1.165) is 116 Å². The van der Waals surface area contributed by atoms with Crippen LogP contribution in [0.2, 0.25) is 0 Å². The van der Waals surface area contributed by atoms with Crippen molar-refractivity contribution in [3.8, 4) is 0 Å². The van der Waals surface area contributed by atoms with Crippen LogP contribution >= 0.6 is 0 Å². The summed E-state index contributed by atoms with van der Waals surface area (Å²) < 4.78 is 0. The molecule has 0 aromatic heterocycles. The Morgan fingerprint density at radius 2 is 0.812 bits per heavy atom. The van der Waals surface area contributed by atoms with Crippen LogP contribution in [0, 0.1) is 11.8 Å². The largest absolute Gasteiger partial charge is 0.300 e. The van der Waals surface area contributed by atoms with E-state index in [2.05, 4.69) is 62.4 Å². The zero-order valence-corrected chi connectivity index (χ0v) is 30.6. The van der Waals surface area contributed by atoms with Gasteiger partial charge in [-0.25, -0.2) is 0 Å². The summed E-state index contributed by atoms with van der Waals surface area (Å²) in [5.41, 5.74) is 5.62. The molecular weight excluding hydrogens is 588 g/mol. The fourth-order valence-corrected chi connectivity index (χ4v) is 8.34. The van der Waals surface area contributed by atoms with E-state index in [0.29, 0.717) is 53.9 Å². The molecule has 2 aromatic carbocycles. The second-order valence-electron chi connectivity index (χ2n) is 15.4. The van der Waals surface area contributed by atoms with E-state index < -0.39 is 0 Å². The van der Waals surface area contributed by atoms with Crippen molar-refractivity contribution in [2.24, 2.45) is 11.8 Å². The zero-order valence-electron chi connectivity index (χ0n) is 30.6. The lowest BCUT2D eigenvalue weighted by molar-refractivity contribution is -0.124. The van der Waals surface area contributed by atoms with E-state index in [1.807, 2.05) is 0 Å². The number of unbranched alkanes of at least 4 members (excludes halogenated alkanes) is 6. The van der Waals surface area contributed by atoms with Crippen LogP contribution in [-0.2, 0) is 27.2 Å². The molecule has 3 nitrogen and oxygen atoms in total. The Balaban J connectivity index is 1.03. The molecule has 0 heterocycles. The summed E-state index contributed by atoms with van der Waals surface area (Å²) in [5.74, 6) is 3.24.